The quantitative estimate of drug-likeness (QED) is 0.811. The fourth-order valence-electron chi connectivity index (χ4n) is 1.78. The molecule has 0 fully saturated rings. The Hall–Kier alpha value is -1.94. The maximum Gasteiger partial charge on any atom is 0.143 e. The van der Waals surface area contributed by atoms with Crippen LogP contribution < -0.4 is 15.8 Å². The lowest BCUT2D eigenvalue weighted by atomic mass is 10.2. The molecule has 106 valence electrons. The average molecular weight is 295 g/mol. The molecule has 0 aliphatic rings. The maximum absolute atomic E-state index is 13.4. The Morgan fingerprint density at radius 2 is 1.90 bits per heavy atom. The summed E-state index contributed by atoms with van der Waals surface area (Å²) in [5.41, 5.74) is 7.71. The van der Waals surface area contributed by atoms with Crippen molar-refractivity contribution in [1.29, 1.82) is 0 Å². The highest BCUT2D eigenvalue weighted by Gasteiger charge is 2.05. The van der Waals surface area contributed by atoms with Crippen molar-refractivity contribution in [3.05, 3.63) is 47.2 Å². The topological polar surface area (TPSA) is 47.3 Å². The van der Waals surface area contributed by atoms with Crippen LogP contribution >= 0.6 is 11.6 Å². The predicted octanol–water partition coefficient (Wildman–Crippen LogP) is 4.59. The zero-order valence-corrected chi connectivity index (χ0v) is 12.0. The monoisotopic (exact) mass is 294 g/mol. The third-order valence-electron chi connectivity index (χ3n) is 2.51. The van der Waals surface area contributed by atoms with E-state index in [1.54, 1.807) is 18.2 Å². The molecule has 2 aromatic carbocycles. The lowest BCUT2D eigenvalue weighted by Gasteiger charge is -2.13. The largest absolute Gasteiger partial charge is 0.491 e. The van der Waals surface area contributed by atoms with E-state index in [0.717, 1.165) is 5.69 Å². The van der Waals surface area contributed by atoms with E-state index in [-0.39, 0.29) is 11.1 Å². The van der Waals surface area contributed by atoms with Gasteiger partial charge in [0.05, 0.1) is 11.1 Å². The van der Waals surface area contributed by atoms with Crippen LogP contribution in [0.2, 0.25) is 5.02 Å². The maximum atomic E-state index is 13.4. The van der Waals surface area contributed by atoms with E-state index in [2.05, 4.69) is 5.32 Å². The number of nitrogens with two attached hydrogens (primary N) is 1. The average Bonchev–Trinajstić information content (AvgIpc) is 2.32. The van der Waals surface area contributed by atoms with Crippen LogP contribution in [0, 0.1) is 5.82 Å². The lowest BCUT2D eigenvalue weighted by Crippen LogP contribution is -2.06. The molecule has 0 aliphatic carbocycles. The number of ether oxygens (including phenoxy) is 1. The molecule has 2 rings (SSSR count). The first-order valence-corrected chi connectivity index (χ1v) is 6.61. The van der Waals surface area contributed by atoms with Crippen molar-refractivity contribution in [3.63, 3.8) is 0 Å². The Balaban J connectivity index is 2.24. The first kappa shape index (κ1) is 14.5. The summed E-state index contributed by atoms with van der Waals surface area (Å²) in [4.78, 5) is 0. The van der Waals surface area contributed by atoms with Crippen molar-refractivity contribution in [2.75, 3.05) is 11.1 Å². The minimum Gasteiger partial charge on any atom is -0.491 e. The van der Waals surface area contributed by atoms with Crippen molar-refractivity contribution in [1.82, 2.24) is 0 Å². The number of nitrogens with one attached hydrogen (secondary N) is 1. The Labute approximate surface area is 122 Å². The predicted molar refractivity (Wildman–Crippen MR) is 81.3 cm³/mol. The van der Waals surface area contributed by atoms with Gasteiger partial charge in [0.15, 0.2) is 0 Å². The van der Waals surface area contributed by atoms with Crippen molar-refractivity contribution in [2.45, 2.75) is 20.0 Å². The number of halogens is 2. The fraction of sp³-hybridized carbons (Fsp3) is 0.200. The van der Waals surface area contributed by atoms with Gasteiger partial charge in [-0.25, -0.2) is 4.39 Å². The number of benzene rings is 2. The molecule has 2 aromatic rings. The van der Waals surface area contributed by atoms with Gasteiger partial charge in [0.1, 0.15) is 11.6 Å². The van der Waals surface area contributed by atoms with E-state index in [9.17, 15) is 4.39 Å². The highest BCUT2D eigenvalue weighted by Crippen LogP contribution is 2.27. The van der Waals surface area contributed by atoms with Gasteiger partial charge in [-0.3, -0.25) is 0 Å². The van der Waals surface area contributed by atoms with E-state index < -0.39 is 5.82 Å². The molecule has 0 saturated heterocycles. The van der Waals surface area contributed by atoms with Gasteiger partial charge in [0.2, 0.25) is 0 Å². The number of anilines is 3. The first-order valence-electron chi connectivity index (χ1n) is 6.23. The van der Waals surface area contributed by atoms with Crippen LogP contribution in [0.3, 0.4) is 0 Å². The summed E-state index contributed by atoms with van der Waals surface area (Å²) in [6, 6.07) is 9.82. The second kappa shape index (κ2) is 6.01. The molecule has 0 heterocycles. The van der Waals surface area contributed by atoms with Crippen molar-refractivity contribution < 1.29 is 9.13 Å². The van der Waals surface area contributed by atoms with Crippen molar-refractivity contribution in [2.24, 2.45) is 0 Å². The molecular weight excluding hydrogens is 279 g/mol. The minimum atomic E-state index is -0.473. The normalized spacial score (nSPS) is 10.7. The number of nitrogen functional groups attached to an aromatic ring is 1. The Morgan fingerprint density at radius 3 is 2.55 bits per heavy atom. The van der Waals surface area contributed by atoms with Crippen molar-refractivity contribution in [3.8, 4) is 5.75 Å². The molecule has 0 aromatic heterocycles. The van der Waals surface area contributed by atoms with Crippen LogP contribution in [0.1, 0.15) is 13.8 Å². The standard InChI is InChI=1S/C15H16ClFN2O/c1-9(2)20-13-6-10(18)5-12(7-13)19-11-3-4-14(16)15(17)8-11/h3-9,19H,18H2,1-2H3. The van der Waals surface area contributed by atoms with Gasteiger partial charge in [-0.05, 0) is 38.1 Å². The summed E-state index contributed by atoms with van der Waals surface area (Å²) < 4.78 is 19.0. The Kier molecular flexibility index (Phi) is 4.35. The SMILES string of the molecule is CC(C)Oc1cc(N)cc(Nc2ccc(Cl)c(F)c2)c1. The first-order chi connectivity index (χ1) is 9.44. The molecule has 0 aliphatic heterocycles. The van der Waals surface area contributed by atoms with E-state index in [1.807, 2.05) is 19.9 Å². The van der Waals surface area contributed by atoms with Crippen LogP contribution in [0.15, 0.2) is 36.4 Å². The van der Waals surface area contributed by atoms with Crippen LogP contribution in [-0.2, 0) is 0 Å². The molecule has 0 amide bonds. The highest BCUT2D eigenvalue weighted by molar-refractivity contribution is 6.30. The summed E-state index contributed by atoms with van der Waals surface area (Å²) in [6.45, 7) is 3.87. The lowest BCUT2D eigenvalue weighted by molar-refractivity contribution is 0.242. The van der Waals surface area contributed by atoms with Gasteiger partial charge in [-0.15, -0.1) is 0 Å². The van der Waals surface area contributed by atoms with Gasteiger partial charge in [-0.2, -0.15) is 0 Å². The summed E-state index contributed by atoms with van der Waals surface area (Å²) in [6.07, 6.45) is 0.0534. The third-order valence-corrected chi connectivity index (χ3v) is 2.82. The van der Waals surface area contributed by atoms with E-state index in [0.29, 0.717) is 17.1 Å². The number of rotatable bonds is 4. The van der Waals surface area contributed by atoms with Crippen molar-refractivity contribution >= 4 is 28.7 Å². The molecule has 3 N–H and O–H groups in total. The molecule has 0 atom stereocenters. The second-order valence-electron chi connectivity index (χ2n) is 4.71. The molecule has 0 saturated carbocycles. The molecule has 5 heteroatoms. The second-order valence-corrected chi connectivity index (χ2v) is 5.12. The van der Waals surface area contributed by atoms with Gasteiger partial charge < -0.3 is 15.8 Å². The summed E-state index contributed by atoms with van der Waals surface area (Å²) >= 11 is 5.65. The fourth-order valence-corrected chi connectivity index (χ4v) is 1.89. The van der Waals surface area contributed by atoms with Gasteiger partial charge in [0, 0.05) is 29.2 Å². The zero-order valence-electron chi connectivity index (χ0n) is 11.3. The Bertz CT molecular complexity index is 617. The molecule has 0 unspecified atom stereocenters. The van der Waals surface area contributed by atoms with Gasteiger partial charge >= 0.3 is 0 Å². The third kappa shape index (κ3) is 3.78. The zero-order chi connectivity index (χ0) is 14.7. The summed E-state index contributed by atoms with van der Waals surface area (Å²) in [5.74, 6) is 0.191. The van der Waals surface area contributed by atoms with Crippen LogP contribution in [0.5, 0.6) is 5.75 Å². The molecule has 0 spiro atoms. The molecule has 3 nitrogen and oxygen atoms in total. The molecule has 20 heavy (non-hydrogen) atoms. The van der Waals surface area contributed by atoms with Gasteiger partial charge in [-0.1, -0.05) is 11.6 Å². The van der Waals surface area contributed by atoms with Crippen LogP contribution in [-0.4, -0.2) is 6.10 Å². The highest BCUT2D eigenvalue weighted by atomic mass is 35.5. The number of hydrogen-bond donors (Lipinski definition) is 2. The summed E-state index contributed by atoms with van der Waals surface area (Å²) in [7, 11) is 0. The van der Waals surface area contributed by atoms with Gasteiger partial charge in [0.25, 0.3) is 0 Å². The smallest absolute Gasteiger partial charge is 0.143 e. The molecule has 0 radical (unpaired) electrons. The summed E-state index contributed by atoms with van der Waals surface area (Å²) in [5, 5.41) is 3.16. The molecule has 0 bridgehead atoms. The van der Waals surface area contributed by atoms with E-state index in [1.165, 1.54) is 12.1 Å². The minimum absolute atomic E-state index is 0.0534. The van der Waals surface area contributed by atoms with E-state index in [4.69, 9.17) is 22.1 Å². The van der Waals surface area contributed by atoms with E-state index >= 15 is 0 Å². The van der Waals surface area contributed by atoms with Crippen LogP contribution in [0.4, 0.5) is 21.5 Å². The Morgan fingerprint density at radius 1 is 1.15 bits per heavy atom. The number of hydrogen-bond acceptors (Lipinski definition) is 3. The van der Waals surface area contributed by atoms with Crippen LogP contribution in [0.25, 0.3) is 0 Å². The molecular formula is C15H16ClFN2O.